The molecule has 3 heterocycles. The molecule has 0 aromatic heterocycles. The monoisotopic (exact) mass is 414 g/mol. The normalized spacial score (nSPS) is 37.5. The average molecular weight is 414 g/mol. The van der Waals surface area contributed by atoms with E-state index < -0.39 is 54.5 Å². The maximum atomic E-state index is 16.2. The van der Waals surface area contributed by atoms with Crippen molar-refractivity contribution in [3.05, 3.63) is 0 Å². The molecule has 2 saturated heterocycles. The number of urea groups is 1. The summed E-state index contributed by atoms with van der Waals surface area (Å²) in [5, 5.41) is 23.0. The van der Waals surface area contributed by atoms with E-state index in [-0.39, 0.29) is 16.4 Å². The smallest absolute Gasteiger partial charge is 0.406 e. The lowest BCUT2D eigenvalue weighted by atomic mass is 9.82. The molecule has 0 saturated carbocycles. The van der Waals surface area contributed by atoms with Crippen LogP contribution in [0.15, 0.2) is 4.99 Å². The maximum absolute atomic E-state index is 16.2. The van der Waals surface area contributed by atoms with E-state index in [2.05, 4.69) is 4.99 Å². The zero-order chi connectivity index (χ0) is 20.9. The van der Waals surface area contributed by atoms with E-state index in [1.807, 2.05) is 0 Å². The summed E-state index contributed by atoms with van der Waals surface area (Å²) in [6.45, 7) is -0.167. The molecule has 0 bridgehead atoms. The van der Waals surface area contributed by atoms with Crippen LogP contribution in [0.5, 0.6) is 0 Å². The van der Waals surface area contributed by atoms with Gasteiger partial charge in [-0.15, -0.1) is 5.06 Å². The number of rotatable bonds is 4. The summed E-state index contributed by atoms with van der Waals surface area (Å²) in [4.78, 5) is 16.5. The van der Waals surface area contributed by atoms with Gasteiger partial charge in [0, 0.05) is 6.61 Å². The zero-order valence-corrected chi connectivity index (χ0v) is 15.2. The summed E-state index contributed by atoms with van der Waals surface area (Å²) in [7, 11) is 1.04. The van der Waals surface area contributed by atoms with Crippen LogP contribution in [-0.4, -0.2) is 88.5 Å². The molecule has 5 atom stereocenters. The molecule has 4 unspecified atom stereocenters. The quantitative estimate of drug-likeness (QED) is 0.467. The number of fused-ring (bicyclic) bond motifs is 1. The second-order valence-corrected chi connectivity index (χ2v) is 6.89. The van der Waals surface area contributed by atoms with Gasteiger partial charge in [0.05, 0.1) is 19.3 Å². The first-order chi connectivity index (χ1) is 13.0. The molecule has 2 fully saturated rings. The third-order valence-electron chi connectivity index (χ3n) is 5.29. The number of halogens is 4. The fourth-order valence-corrected chi connectivity index (χ4v) is 4.09. The number of amides is 2. The summed E-state index contributed by atoms with van der Waals surface area (Å²) in [5.41, 5.74) is -2.76. The summed E-state index contributed by atoms with van der Waals surface area (Å²) >= 11 is 0. The fourth-order valence-electron chi connectivity index (χ4n) is 4.09. The van der Waals surface area contributed by atoms with Gasteiger partial charge in [-0.05, 0) is 19.3 Å². The molecule has 0 aromatic rings. The summed E-state index contributed by atoms with van der Waals surface area (Å²) in [5.74, 6) is -3.98. The number of hydrogen-bond donors (Lipinski definition) is 3. The van der Waals surface area contributed by atoms with Gasteiger partial charge >= 0.3 is 12.2 Å². The lowest BCUT2D eigenvalue weighted by Gasteiger charge is -2.51. The van der Waals surface area contributed by atoms with E-state index in [9.17, 15) is 28.3 Å². The van der Waals surface area contributed by atoms with Gasteiger partial charge in [-0.2, -0.15) is 17.6 Å². The molecule has 0 aromatic carbocycles. The number of aliphatic hydroxyl groups excluding tert-OH is 1. The summed E-state index contributed by atoms with van der Waals surface area (Å²) in [6, 6.07) is -1.47. The Hall–Kier alpha value is -1.70. The minimum atomic E-state index is -4.91. The predicted octanol–water partition coefficient (Wildman–Crippen LogP) is 0.962. The van der Waals surface area contributed by atoms with Gasteiger partial charge in [0.15, 0.2) is 6.17 Å². The van der Waals surface area contributed by atoms with Crippen LogP contribution in [0.1, 0.15) is 26.2 Å². The number of carbonyl (C=O) groups excluding carboxylic acids is 1. The lowest BCUT2D eigenvalue weighted by Crippen LogP contribution is -2.79. The topological polar surface area (TPSA) is 107 Å². The number of carbonyl (C=O) groups is 1. The van der Waals surface area contributed by atoms with Crippen LogP contribution in [0.2, 0.25) is 0 Å². The van der Waals surface area contributed by atoms with Crippen LogP contribution in [-0.2, 0) is 9.47 Å². The van der Waals surface area contributed by atoms with Crippen LogP contribution in [0, 0.1) is 0 Å². The van der Waals surface area contributed by atoms with E-state index in [4.69, 9.17) is 9.47 Å². The van der Waals surface area contributed by atoms with Gasteiger partial charge in [0.2, 0.25) is 11.4 Å². The number of nitrogens with one attached hydrogen (secondary N) is 1. The Morgan fingerprint density at radius 1 is 1.50 bits per heavy atom. The molecule has 0 spiro atoms. The van der Waals surface area contributed by atoms with Gasteiger partial charge in [-0.1, -0.05) is 6.92 Å². The van der Waals surface area contributed by atoms with Gasteiger partial charge < -0.3 is 19.8 Å². The molecule has 3 aliphatic rings. The number of methoxy groups -OCH3 is 1. The van der Waals surface area contributed by atoms with Gasteiger partial charge in [-0.3, -0.25) is 10.2 Å². The minimum Gasteiger partial charge on any atom is -0.482 e. The van der Waals surface area contributed by atoms with E-state index in [1.165, 1.54) is 6.92 Å². The number of ether oxygens (including phenoxy) is 2. The van der Waals surface area contributed by atoms with Crippen LogP contribution < -0.4 is 5.32 Å². The van der Waals surface area contributed by atoms with E-state index >= 15 is 4.39 Å². The molecule has 0 aliphatic carbocycles. The number of aliphatic hydroxyl groups is 1. The molecule has 13 heteroatoms. The van der Waals surface area contributed by atoms with Crippen LogP contribution in [0.4, 0.5) is 22.4 Å². The van der Waals surface area contributed by atoms with Gasteiger partial charge in [0.25, 0.3) is 5.92 Å². The van der Waals surface area contributed by atoms with Crippen molar-refractivity contribution in [1.82, 2.24) is 15.3 Å². The molecule has 160 valence electrons. The average Bonchev–Trinajstić information content (AvgIpc) is 3.21. The van der Waals surface area contributed by atoms with Crippen molar-refractivity contribution in [2.75, 3.05) is 20.3 Å². The molecule has 0 radical (unpaired) electrons. The molecule has 9 nitrogen and oxygen atoms in total. The third-order valence-corrected chi connectivity index (χ3v) is 5.29. The molecule has 3 N–H and O–H groups in total. The van der Waals surface area contributed by atoms with Gasteiger partial charge in [0.1, 0.15) is 6.54 Å². The maximum Gasteiger partial charge on any atom is 0.406 e. The first-order valence-corrected chi connectivity index (χ1v) is 8.78. The van der Waals surface area contributed by atoms with Crippen molar-refractivity contribution in [2.24, 2.45) is 4.99 Å². The Balaban J connectivity index is 2.20. The van der Waals surface area contributed by atoms with E-state index in [1.54, 1.807) is 5.32 Å². The highest BCUT2D eigenvalue weighted by molar-refractivity contribution is 5.97. The molecule has 3 aliphatic heterocycles. The molecular weight excluding hydrogens is 392 g/mol. The fraction of sp³-hybridized carbons (Fsp3) is 0.867. The molecule has 2 amide bonds. The molecular formula is C15H22F4N4O5. The number of hydroxylamine groups is 2. The minimum absolute atomic E-state index is 0.0126. The van der Waals surface area contributed by atoms with E-state index in [0.29, 0.717) is 19.4 Å². The first-order valence-electron chi connectivity index (χ1n) is 8.78. The molecule has 3 rings (SSSR count). The summed E-state index contributed by atoms with van der Waals surface area (Å²) < 4.78 is 66.2. The number of nitrogens with zero attached hydrogens (tertiary/aromatic N) is 3. The first kappa shape index (κ1) is 21.0. The van der Waals surface area contributed by atoms with Crippen molar-refractivity contribution in [2.45, 2.75) is 62.2 Å². The summed E-state index contributed by atoms with van der Waals surface area (Å²) in [6.07, 6.45) is -8.18. The van der Waals surface area contributed by atoms with Crippen molar-refractivity contribution in [1.29, 1.82) is 0 Å². The Kier molecular flexibility index (Phi) is 5.23. The number of hydrogen-bond acceptors (Lipinski definition) is 7. The van der Waals surface area contributed by atoms with Crippen LogP contribution in [0.25, 0.3) is 0 Å². The van der Waals surface area contributed by atoms with Crippen molar-refractivity contribution in [3.8, 4) is 0 Å². The second kappa shape index (κ2) is 6.97. The zero-order valence-electron chi connectivity index (χ0n) is 15.2. The Morgan fingerprint density at radius 2 is 2.18 bits per heavy atom. The van der Waals surface area contributed by atoms with Gasteiger partial charge in [-0.25, -0.2) is 9.79 Å². The highest BCUT2D eigenvalue weighted by Gasteiger charge is 2.77. The highest BCUT2D eigenvalue weighted by atomic mass is 19.4. The highest BCUT2D eigenvalue weighted by Crippen LogP contribution is 2.48. The number of aliphatic imine (C=N–C) groups is 1. The largest absolute Gasteiger partial charge is 0.482 e. The third kappa shape index (κ3) is 2.83. The predicted molar refractivity (Wildman–Crippen MR) is 85.0 cm³/mol. The SMILES string of the molecule is CCC(O)[C@]12C(OC)=NC(C3CCCO3)N(O)C1(F)NC(=O)N2CC(F)(F)F. The Morgan fingerprint density at radius 3 is 2.68 bits per heavy atom. The Labute approximate surface area is 157 Å². The standard InChI is InChI=1S/C15H22F4N4O5/c1-3-9(24)14-11(27-2)20-10(8-5-4-6-28-8)23(26)15(14,19)21-12(25)22(14)7-13(16,17)18/h8-10,24,26H,3-7H2,1-2H3,(H,21,25)/t8?,9?,10?,14-,15?/m0/s1. The second-order valence-electron chi connectivity index (χ2n) is 6.89. The lowest BCUT2D eigenvalue weighted by molar-refractivity contribution is -0.309. The van der Waals surface area contributed by atoms with Crippen molar-refractivity contribution in [3.63, 3.8) is 0 Å². The van der Waals surface area contributed by atoms with Crippen LogP contribution in [0.3, 0.4) is 0 Å². The van der Waals surface area contributed by atoms with Crippen molar-refractivity contribution >= 4 is 11.9 Å². The van der Waals surface area contributed by atoms with E-state index in [0.717, 1.165) is 7.11 Å². The Bertz CT molecular complexity index is 659. The molecule has 28 heavy (non-hydrogen) atoms. The van der Waals surface area contributed by atoms with Crippen molar-refractivity contribution < 1.29 is 42.1 Å². The number of alkyl halides is 4. The van der Waals surface area contributed by atoms with Crippen LogP contribution >= 0.6 is 0 Å².